The predicted octanol–water partition coefficient (Wildman–Crippen LogP) is 1.13. The molecule has 2 aromatic rings. The van der Waals surface area contributed by atoms with Gasteiger partial charge in [0.2, 0.25) is 0 Å². The van der Waals surface area contributed by atoms with Crippen molar-refractivity contribution in [2.75, 3.05) is 46.0 Å². The number of aliphatic hydroxyl groups is 1. The second-order valence-electron chi connectivity index (χ2n) is 6.82. The quantitative estimate of drug-likeness (QED) is 0.575. The lowest BCUT2D eigenvalue weighted by Gasteiger charge is -2.28. The average Bonchev–Trinajstić information content (AvgIpc) is 3.21. The molecule has 1 saturated heterocycles. The molecule has 0 amide bonds. The zero-order chi connectivity index (χ0) is 18.7. The molecular weight excluding hydrogens is 344 g/mol. The molecule has 0 aliphatic carbocycles. The minimum atomic E-state index is -0.493. The molecule has 0 unspecified atom stereocenters. The van der Waals surface area contributed by atoms with E-state index < -0.39 is 6.10 Å². The van der Waals surface area contributed by atoms with E-state index in [1.807, 2.05) is 35.1 Å². The molecule has 1 fully saturated rings. The van der Waals surface area contributed by atoms with Crippen molar-refractivity contribution in [1.82, 2.24) is 20.0 Å². The summed E-state index contributed by atoms with van der Waals surface area (Å²) in [5, 5.41) is 17.8. The molecular formula is C20H30N4O3. The molecule has 1 aromatic heterocycles. The molecule has 2 heterocycles. The molecule has 2 N–H and O–H groups in total. The second-order valence-corrected chi connectivity index (χ2v) is 6.82. The van der Waals surface area contributed by atoms with Gasteiger partial charge in [-0.25, -0.2) is 0 Å². The van der Waals surface area contributed by atoms with Crippen molar-refractivity contribution in [3.8, 4) is 5.75 Å². The number of aliphatic hydroxyl groups excluding tert-OH is 1. The van der Waals surface area contributed by atoms with E-state index in [-0.39, 0.29) is 0 Å². The summed E-state index contributed by atoms with van der Waals surface area (Å²) >= 11 is 0. The van der Waals surface area contributed by atoms with Gasteiger partial charge in [-0.3, -0.25) is 9.58 Å². The molecule has 1 aliphatic heterocycles. The van der Waals surface area contributed by atoms with Crippen LogP contribution in [0.3, 0.4) is 0 Å². The van der Waals surface area contributed by atoms with Crippen LogP contribution in [0.1, 0.15) is 12.0 Å². The summed E-state index contributed by atoms with van der Waals surface area (Å²) < 4.78 is 13.0. The number of ether oxygens (including phenoxy) is 2. The topological polar surface area (TPSA) is 71.8 Å². The van der Waals surface area contributed by atoms with E-state index in [1.54, 1.807) is 6.20 Å². The molecule has 0 bridgehead atoms. The van der Waals surface area contributed by atoms with Gasteiger partial charge in [0.15, 0.2) is 0 Å². The monoisotopic (exact) mass is 374 g/mol. The molecule has 1 atom stereocenters. The van der Waals surface area contributed by atoms with Crippen LogP contribution in [-0.2, 0) is 17.8 Å². The average molecular weight is 374 g/mol. The molecule has 0 saturated carbocycles. The van der Waals surface area contributed by atoms with Crippen LogP contribution in [0.15, 0.2) is 42.7 Å². The molecule has 1 aliphatic rings. The lowest BCUT2D eigenvalue weighted by molar-refractivity contribution is 0.00465. The van der Waals surface area contributed by atoms with Crippen molar-refractivity contribution in [3.63, 3.8) is 0 Å². The standard InChI is InChI=1S/C20H30N4O3/c25-19(16-23-10-12-26-13-11-23)17-27-20-5-1-4-18(14-20)15-21-6-2-8-24-9-3-7-22-24/h1,3-5,7,9,14,19,21,25H,2,6,8,10-13,15-17H2/t19-/m1/s1. The Morgan fingerprint density at radius 2 is 2.15 bits per heavy atom. The highest BCUT2D eigenvalue weighted by Crippen LogP contribution is 2.14. The number of rotatable bonds is 11. The third kappa shape index (κ3) is 7.30. The van der Waals surface area contributed by atoms with Gasteiger partial charge in [-0.05, 0) is 36.7 Å². The van der Waals surface area contributed by atoms with Crippen molar-refractivity contribution in [2.24, 2.45) is 0 Å². The van der Waals surface area contributed by atoms with Gasteiger partial charge in [-0.1, -0.05) is 12.1 Å². The maximum Gasteiger partial charge on any atom is 0.119 e. The van der Waals surface area contributed by atoms with Crippen molar-refractivity contribution in [1.29, 1.82) is 0 Å². The van der Waals surface area contributed by atoms with Crippen LogP contribution < -0.4 is 10.1 Å². The number of nitrogens with zero attached hydrogens (tertiary/aromatic N) is 3. The Morgan fingerprint density at radius 3 is 2.96 bits per heavy atom. The summed E-state index contributed by atoms with van der Waals surface area (Å²) in [4.78, 5) is 2.21. The van der Waals surface area contributed by atoms with Gasteiger partial charge < -0.3 is 19.9 Å². The fourth-order valence-corrected chi connectivity index (χ4v) is 3.10. The van der Waals surface area contributed by atoms with Crippen LogP contribution in [0.2, 0.25) is 0 Å². The first-order valence-corrected chi connectivity index (χ1v) is 9.67. The van der Waals surface area contributed by atoms with Crippen molar-refractivity contribution >= 4 is 0 Å². The Balaban J connectivity index is 1.32. The number of aryl methyl sites for hydroxylation is 1. The van der Waals surface area contributed by atoms with E-state index in [1.165, 1.54) is 5.56 Å². The van der Waals surface area contributed by atoms with Gasteiger partial charge in [-0.2, -0.15) is 5.10 Å². The van der Waals surface area contributed by atoms with Gasteiger partial charge >= 0.3 is 0 Å². The van der Waals surface area contributed by atoms with E-state index in [2.05, 4.69) is 21.4 Å². The van der Waals surface area contributed by atoms with Crippen molar-refractivity contribution in [3.05, 3.63) is 48.3 Å². The zero-order valence-corrected chi connectivity index (χ0v) is 15.8. The number of benzene rings is 1. The van der Waals surface area contributed by atoms with Gasteiger partial charge in [0, 0.05) is 45.1 Å². The van der Waals surface area contributed by atoms with Crippen LogP contribution in [0.5, 0.6) is 5.75 Å². The maximum absolute atomic E-state index is 10.2. The summed E-state index contributed by atoms with van der Waals surface area (Å²) in [6.45, 7) is 6.81. The summed E-state index contributed by atoms with van der Waals surface area (Å²) in [6, 6.07) is 9.98. The van der Waals surface area contributed by atoms with Crippen LogP contribution in [-0.4, -0.2) is 71.9 Å². The Hall–Kier alpha value is -1.93. The highest BCUT2D eigenvalue weighted by atomic mass is 16.5. The molecule has 7 nitrogen and oxygen atoms in total. The SMILES string of the molecule is O[C@@H](COc1cccc(CNCCCn2cccn2)c1)CN1CCOCC1. The summed E-state index contributed by atoms with van der Waals surface area (Å²) in [5.74, 6) is 0.798. The normalized spacial score (nSPS) is 16.3. The largest absolute Gasteiger partial charge is 0.491 e. The molecule has 0 spiro atoms. The van der Waals surface area contributed by atoms with Crippen molar-refractivity contribution < 1.29 is 14.6 Å². The van der Waals surface area contributed by atoms with E-state index in [9.17, 15) is 5.11 Å². The zero-order valence-electron chi connectivity index (χ0n) is 15.8. The van der Waals surface area contributed by atoms with Gasteiger partial charge in [0.25, 0.3) is 0 Å². The molecule has 27 heavy (non-hydrogen) atoms. The lowest BCUT2D eigenvalue weighted by atomic mass is 10.2. The summed E-state index contributed by atoms with van der Waals surface area (Å²) in [5.41, 5.74) is 1.18. The highest BCUT2D eigenvalue weighted by Gasteiger charge is 2.15. The van der Waals surface area contributed by atoms with Crippen LogP contribution in [0, 0.1) is 0 Å². The fraction of sp³-hybridized carbons (Fsp3) is 0.550. The Kier molecular flexibility index (Phi) is 8.10. The Bertz CT molecular complexity index is 644. The van der Waals surface area contributed by atoms with Gasteiger partial charge in [-0.15, -0.1) is 0 Å². The molecule has 3 rings (SSSR count). The van der Waals surface area contributed by atoms with E-state index in [0.29, 0.717) is 13.2 Å². The number of nitrogens with one attached hydrogen (secondary N) is 1. The highest BCUT2D eigenvalue weighted by molar-refractivity contribution is 5.28. The minimum Gasteiger partial charge on any atom is -0.491 e. The Labute approximate surface area is 160 Å². The van der Waals surface area contributed by atoms with Crippen LogP contribution in [0.25, 0.3) is 0 Å². The van der Waals surface area contributed by atoms with Crippen molar-refractivity contribution in [2.45, 2.75) is 25.6 Å². The second kappa shape index (κ2) is 11.0. The third-order valence-electron chi connectivity index (χ3n) is 4.54. The van der Waals surface area contributed by atoms with E-state index in [0.717, 1.165) is 58.1 Å². The third-order valence-corrected chi connectivity index (χ3v) is 4.54. The molecule has 0 radical (unpaired) electrons. The lowest BCUT2D eigenvalue weighted by Crippen LogP contribution is -2.42. The van der Waals surface area contributed by atoms with Crippen LogP contribution >= 0.6 is 0 Å². The summed E-state index contributed by atoms with van der Waals surface area (Å²) in [6.07, 6.45) is 4.32. The fourth-order valence-electron chi connectivity index (χ4n) is 3.10. The number of aromatic nitrogens is 2. The number of hydrogen-bond donors (Lipinski definition) is 2. The smallest absolute Gasteiger partial charge is 0.119 e. The van der Waals surface area contributed by atoms with Gasteiger partial charge in [0.05, 0.1) is 13.2 Å². The van der Waals surface area contributed by atoms with Crippen LogP contribution in [0.4, 0.5) is 0 Å². The van der Waals surface area contributed by atoms with Gasteiger partial charge in [0.1, 0.15) is 18.5 Å². The first-order chi connectivity index (χ1) is 13.3. The molecule has 7 heteroatoms. The molecule has 148 valence electrons. The molecule has 1 aromatic carbocycles. The van der Waals surface area contributed by atoms with E-state index in [4.69, 9.17) is 9.47 Å². The first-order valence-electron chi connectivity index (χ1n) is 9.67. The number of β-amino-alcohol motifs (C(OH)–C–C–N with tert-alkyl or cyclic N) is 1. The number of hydrogen-bond acceptors (Lipinski definition) is 6. The predicted molar refractivity (Wildman–Crippen MR) is 104 cm³/mol. The van der Waals surface area contributed by atoms with E-state index >= 15 is 0 Å². The Morgan fingerprint density at radius 1 is 1.26 bits per heavy atom. The summed E-state index contributed by atoms with van der Waals surface area (Å²) in [7, 11) is 0. The minimum absolute atomic E-state index is 0.304. The maximum atomic E-state index is 10.2. The first kappa shape index (κ1) is 19.8. The number of morpholine rings is 1.